The first-order valence-corrected chi connectivity index (χ1v) is 5.05. The molecule has 0 aromatic rings. The molecule has 0 radical (unpaired) electrons. The van der Waals surface area contributed by atoms with Crippen LogP contribution < -0.4 is 0 Å². The summed E-state index contributed by atoms with van der Waals surface area (Å²) in [7, 11) is 1.73. The molecule has 0 fully saturated rings. The van der Waals surface area contributed by atoms with E-state index in [-0.39, 0.29) is 12.2 Å². The van der Waals surface area contributed by atoms with Gasteiger partial charge < -0.3 is 9.84 Å². The smallest absolute Gasteiger partial charge is 0.0634 e. The van der Waals surface area contributed by atoms with Crippen molar-refractivity contribution in [2.24, 2.45) is 0 Å². The molecular formula is C11H23NO2. The molecule has 0 rings (SSSR count). The number of hydrogen-bond donors (Lipinski definition) is 1. The van der Waals surface area contributed by atoms with Gasteiger partial charge in [-0.15, -0.1) is 6.58 Å². The Labute approximate surface area is 87.4 Å². The van der Waals surface area contributed by atoms with Crippen LogP contribution in [0.3, 0.4) is 0 Å². The van der Waals surface area contributed by atoms with Crippen LogP contribution >= 0.6 is 0 Å². The van der Waals surface area contributed by atoms with Crippen LogP contribution in [0.2, 0.25) is 0 Å². The third-order valence-electron chi connectivity index (χ3n) is 2.39. The number of nitrogens with zero attached hydrogens (tertiary/aromatic N) is 1. The fourth-order valence-corrected chi connectivity index (χ4v) is 1.15. The highest BCUT2D eigenvalue weighted by Gasteiger charge is 2.17. The molecule has 14 heavy (non-hydrogen) atoms. The molecule has 0 saturated carbocycles. The average molecular weight is 201 g/mol. The second-order valence-corrected chi connectivity index (χ2v) is 4.03. The van der Waals surface area contributed by atoms with Gasteiger partial charge in [0.25, 0.3) is 0 Å². The summed E-state index contributed by atoms with van der Waals surface area (Å²) in [6.07, 6.45) is 2.81. The lowest BCUT2D eigenvalue weighted by Crippen LogP contribution is -2.34. The van der Waals surface area contributed by atoms with Crippen molar-refractivity contribution in [1.29, 1.82) is 0 Å². The van der Waals surface area contributed by atoms with E-state index in [2.05, 4.69) is 25.3 Å². The molecule has 3 heteroatoms. The van der Waals surface area contributed by atoms with Gasteiger partial charge in [-0.2, -0.15) is 0 Å². The predicted octanol–water partition coefficient (Wildman–Crippen LogP) is 1.28. The first kappa shape index (κ1) is 13.6. The van der Waals surface area contributed by atoms with E-state index >= 15 is 0 Å². The summed E-state index contributed by atoms with van der Waals surface area (Å²) in [5.74, 6) is 0. The van der Waals surface area contributed by atoms with Gasteiger partial charge in [-0.3, -0.25) is 4.90 Å². The SMILES string of the molecule is C=CCN(CCO)CCC(C)(C)OC. The number of methoxy groups -OCH3 is 1. The minimum atomic E-state index is -0.0884. The van der Waals surface area contributed by atoms with Crippen molar-refractivity contribution < 1.29 is 9.84 Å². The van der Waals surface area contributed by atoms with Gasteiger partial charge in [-0.25, -0.2) is 0 Å². The van der Waals surface area contributed by atoms with Crippen LogP contribution in [0.25, 0.3) is 0 Å². The van der Waals surface area contributed by atoms with Crippen LogP contribution in [0, 0.1) is 0 Å². The maximum Gasteiger partial charge on any atom is 0.0634 e. The fourth-order valence-electron chi connectivity index (χ4n) is 1.15. The molecule has 1 N–H and O–H groups in total. The first-order valence-electron chi connectivity index (χ1n) is 5.05. The lowest BCUT2D eigenvalue weighted by atomic mass is 10.1. The standard InChI is InChI=1S/C11H23NO2/c1-5-7-12(9-10-13)8-6-11(2,3)14-4/h5,13H,1,6-10H2,2-4H3. The average Bonchev–Trinajstić information content (AvgIpc) is 2.15. The van der Waals surface area contributed by atoms with Crippen LogP contribution in [0.5, 0.6) is 0 Å². The maximum absolute atomic E-state index is 8.84. The second kappa shape index (κ2) is 6.98. The van der Waals surface area contributed by atoms with Gasteiger partial charge in [0.1, 0.15) is 0 Å². The van der Waals surface area contributed by atoms with Crippen LogP contribution in [0.1, 0.15) is 20.3 Å². The molecule has 0 atom stereocenters. The summed E-state index contributed by atoms with van der Waals surface area (Å²) in [6.45, 7) is 10.5. The van der Waals surface area contributed by atoms with Gasteiger partial charge in [0, 0.05) is 26.7 Å². The van der Waals surface area contributed by atoms with Gasteiger partial charge in [0.2, 0.25) is 0 Å². The van der Waals surface area contributed by atoms with Crippen molar-refractivity contribution in [2.45, 2.75) is 25.9 Å². The number of ether oxygens (including phenoxy) is 1. The highest BCUT2D eigenvalue weighted by atomic mass is 16.5. The van der Waals surface area contributed by atoms with E-state index in [4.69, 9.17) is 9.84 Å². The zero-order valence-electron chi connectivity index (χ0n) is 9.62. The van der Waals surface area contributed by atoms with Crippen molar-refractivity contribution in [1.82, 2.24) is 4.90 Å². The van der Waals surface area contributed by atoms with E-state index in [0.29, 0.717) is 6.54 Å². The number of hydrogen-bond acceptors (Lipinski definition) is 3. The van der Waals surface area contributed by atoms with Gasteiger partial charge in [-0.05, 0) is 20.3 Å². The van der Waals surface area contributed by atoms with Crippen LogP contribution in [0.4, 0.5) is 0 Å². The van der Waals surface area contributed by atoms with E-state index in [9.17, 15) is 0 Å². The highest BCUT2D eigenvalue weighted by Crippen LogP contribution is 2.13. The highest BCUT2D eigenvalue weighted by molar-refractivity contribution is 4.76. The summed E-state index contributed by atoms with van der Waals surface area (Å²) < 4.78 is 5.33. The van der Waals surface area contributed by atoms with Crippen molar-refractivity contribution in [3.63, 3.8) is 0 Å². The van der Waals surface area contributed by atoms with E-state index in [1.165, 1.54) is 0 Å². The summed E-state index contributed by atoms with van der Waals surface area (Å²) in [5.41, 5.74) is -0.0884. The van der Waals surface area contributed by atoms with Crippen LogP contribution in [-0.4, -0.2) is 49.0 Å². The Balaban J connectivity index is 3.85. The zero-order valence-corrected chi connectivity index (χ0v) is 9.62. The Hall–Kier alpha value is -0.380. The molecule has 0 spiro atoms. The number of aliphatic hydroxyl groups is 1. The molecule has 0 aliphatic heterocycles. The van der Waals surface area contributed by atoms with E-state index in [0.717, 1.165) is 19.5 Å². The van der Waals surface area contributed by atoms with Crippen molar-refractivity contribution in [3.8, 4) is 0 Å². The number of aliphatic hydroxyl groups excluding tert-OH is 1. The number of rotatable bonds is 8. The van der Waals surface area contributed by atoms with E-state index < -0.39 is 0 Å². The molecule has 84 valence electrons. The van der Waals surface area contributed by atoms with Crippen molar-refractivity contribution >= 4 is 0 Å². The molecular weight excluding hydrogens is 178 g/mol. The maximum atomic E-state index is 8.84. The Morgan fingerprint density at radius 3 is 2.50 bits per heavy atom. The molecule has 0 bridgehead atoms. The fraction of sp³-hybridized carbons (Fsp3) is 0.818. The molecule has 0 aliphatic rings. The van der Waals surface area contributed by atoms with Gasteiger partial charge in [-0.1, -0.05) is 6.08 Å². The van der Waals surface area contributed by atoms with E-state index in [1.54, 1.807) is 7.11 Å². The molecule has 3 nitrogen and oxygen atoms in total. The van der Waals surface area contributed by atoms with Crippen LogP contribution in [-0.2, 0) is 4.74 Å². The lowest BCUT2D eigenvalue weighted by molar-refractivity contribution is 0.00723. The molecule has 0 saturated heterocycles. The largest absolute Gasteiger partial charge is 0.395 e. The molecule has 0 aromatic heterocycles. The third kappa shape index (κ3) is 6.13. The quantitative estimate of drug-likeness (QED) is 0.601. The molecule has 0 unspecified atom stereocenters. The lowest BCUT2D eigenvalue weighted by Gasteiger charge is -2.27. The minimum Gasteiger partial charge on any atom is -0.395 e. The molecule has 0 aliphatic carbocycles. The normalized spacial score (nSPS) is 12.1. The monoisotopic (exact) mass is 201 g/mol. The third-order valence-corrected chi connectivity index (χ3v) is 2.39. The summed E-state index contributed by atoms with van der Waals surface area (Å²) in [4.78, 5) is 2.16. The minimum absolute atomic E-state index is 0.0884. The predicted molar refractivity (Wildman–Crippen MR) is 59.4 cm³/mol. The van der Waals surface area contributed by atoms with Crippen LogP contribution in [0.15, 0.2) is 12.7 Å². The Bertz CT molecular complexity index is 157. The Morgan fingerprint density at radius 2 is 2.07 bits per heavy atom. The first-order chi connectivity index (χ1) is 6.55. The molecule has 0 aromatic carbocycles. The van der Waals surface area contributed by atoms with E-state index in [1.807, 2.05) is 6.08 Å². The summed E-state index contributed by atoms with van der Waals surface area (Å²) >= 11 is 0. The van der Waals surface area contributed by atoms with Gasteiger partial charge in [0.15, 0.2) is 0 Å². The Morgan fingerprint density at radius 1 is 1.43 bits per heavy atom. The zero-order chi connectivity index (χ0) is 11.0. The topological polar surface area (TPSA) is 32.7 Å². The Kier molecular flexibility index (Phi) is 6.79. The summed E-state index contributed by atoms with van der Waals surface area (Å²) in [5, 5.41) is 8.84. The molecule has 0 amide bonds. The van der Waals surface area contributed by atoms with Gasteiger partial charge >= 0.3 is 0 Å². The molecule has 0 heterocycles. The van der Waals surface area contributed by atoms with Crippen molar-refractivity contribution in [2.75, 3.05) is 33.4 Å². The summed E-state index contributed by atoms with van der Waals surface area (Å²) in [6, 6.07) is 0. The second-order valence-electron chi connectivity index (χ2n) is 4.03. The van der Waals surface area contributed by atoms with Crippen molar-refractivity contribution in [3.05, 3.63) is 12.7 Å². The van der Waals surface area contributed by atoms with Gasteiger partial charge in [0.05, 0.1) is 12.2 Å².